The fraction of sp³-hybridized carbons (Fsp3) is 0.333. The lowest BCUT2D eigenvalue weighted by Gasteiger charge is -2.36. The number of halogens is 1. The summed E-state index contributed by atoms with van der Waals surface area (Å²) in [7, 11) is 0. The number of pyridine rings is 2. The quantitative estimate of drug-likeness (QED) is 0.436. The highest BCUT2D eigenvalue weighted by atomic mass is 19.1. The second kappa shape index (κ2) is 9.43. The standard InChI is InChI=1S/C24H25FN6O4/c25-19-11-17-20(31(16-1-2-16)13-18(22(17)32)24(34)35)12-21(19)30-9-7-29(8-10-30)14-27-28-23(33)15-3-5-26-6-4-15/h3-6,11-13,16,27H,1-2,7-10,14H2,(H,28,33)(H,34,35). The van der Waals surface area contributed by atoms with E-state index in [0.29, 0.717) is 49.6 Å². The molecule has 3 aromatic rings. The lowest BCUT2D eigenvalue weighted by Crippen LogP contribution is -2.52. The fourth-order valence-electron chi connectivity index (χ4n) is 4.36. The largest absolute Gasteiger partial charge is 0.477 e. The molecule has 3 N–H and O–H groups in total. The summed E-state index contributed by atoms with van der Waals surface area (Å²) in [4.78, 5) is 44.2. The molecule has 2 fully saturated rings. The molecule has 5 rings (SSSR count). The lowest BCUT2D eigenvalue weighted by molar-refractivity contribution is 0.0694. The van der Waals surface area contributed by atoms with Crippen LogP contribution in [0, 0.1) is 5.82 Å². The average molecular weight is 481 g/mol. The Kier molecular flexibility index (Phi) is 6.18. The van der Waals surface area contributed by atoms with Gasteiger partial charge in [-0.3, -0.25) is 24.9 Å². The second-order valence-electron chi connectivity index (χ2n) is 8.77. The molecule has 1 aliphatic carbocycles. The van der Waals surface area contributed by atoms with E-state index in [-0.39, 0.29) is 22.9 Å². The van der Waals surface area contributed by atoms with Gasteiger partial charge in [-0.25, -0.2) is 14.6 Å². The van der Waals surface area contributed by atoms with Crippen molar-refractivity contribution in [3.05, 3.63) is 70.0 Å². The summed E-state index contributed by atoms with van der Waals surface area (Å²) in [6.45, 7) is 2.84. The third-order valence-corrected chi connectivity index (χ3v) is 6.43. The molecule has 11 heteroatoms. The third-order valence-electron chi connectivity index (χ3n) is 6.43. The number of rotatable bonds is 7. The van der Waals surface area contributed by atoms with Gasteiger partial charge in [0.25, 0.3) is 5.91 Å². The Labute approximate surface area is 199 Å². The second-order valence-corrected chi connectivity index (χ2v) is 8.77. The van der Waals surface area contributed by atoms with Crippen LogP contribution in [0.1, 0.15) is 39.6 Å². The summed E-state index contributed by atoms with van der Waals surface area (Å²) in [5.41, 5.74) is 6.02. The van der Waals surface area contributed by atoms with Crippen LogP contribution in [0.25, 0.3) is 10.9 Å². The Hall–Kier alpha value is -3.83. The van der Waals surface area contributed by atoms with Gasteiger partial charge in [-0.2, -0.15) is 0 Å². The molecule has 1 aromatic carbocycles. The Morgan fingerprint density at radius 2 is 1.83 bits per heavy atom. The van der Waals surface area contributed by atoms with Gasteiger partial charge in [-0.05, 0) is 37.1 Å². The summed E-state index contributed by atoms with van der Waals surface area (Å²) in [5.74, 6) is -2.11. The van der Waals surface area contributed by atoms with E-state index in [0.717, 1.165) is 12.8 Å². The molecule has 10 nitrogen and oxygen atoms in total. The zero-order valence-corrected chi connectivity index (χ0v) is 18.9. The van der Waals surface area contributed by atoms with Crippen LogP contribution in [0.15, 0.2) is 47.7 Å². The maximum absolute atomic E-state index is 15.1. The van der Waals surface area contributed by atoms with Gasteiger partial charge in [0.15, 0.2) is 0 Å². The summed E-state index contributed by atoms with van der Waals surface area (Å²) < 4.78 is 16.9. The predicted molar refractivity (Wildman–Crippen MR) is 127 cm³/mol. The van der Waals surface area contributed by atoms with Crippen molar-refractivity contribution >= 4 is 28.5 Å². The first-order valence-electron chi connectivity index (χ1n) is 11.4. The molecule has 2 aliphatic rings. The van der Waals surface area contributed by atoms with Crippen molar-refractivity contribution in [2.24, 2.45) is 0 Å². The van der Waals surface area contributed by atoms with E-state index >= 15 is 4.39 Å². The average Bonchev–Trinajstić information content (AvgIpc) is 3.70. The number of carboxylic acids is 1. The highest BCUT2D eigenvalue weighted by Gasteiger charge is 2.28. The van der Waals surface area contributed by atoms with Gasteiger partial charge in [-0.1, -0.05) is 0 Å². The number of hydrazine groups is 1. The number of carbonyl (C=O) groups excluding carboxylic acids is 1. The van der Waals surface area contributed by atoms with Crippen molar-refractivity contribution < 1.29 is 19.1 Å². The summed E-state index contributed by atoms with van der Waals surface area (Å²) >= 11 is 0. The number of fused-ring (bicyclic) bond motifs is 1. The molecular weight excluding hydrogens is 455 g/mol. The van der Waals surface area contributed by atoms with Crippen LogP contribution in [-0.4, -0.2) is 64.3 Å². The van der Waals surface area contributed by atoms with Gasteiger partial charge in [-0.15, -0.1) is 0 Å². The monoisotopic (exact) mass is 480 g/mol. The minimum absolute atomic E-state index is 0.0887. The number of aromatic carboxylic acids is 1. The highest BCUT2D eigenvalue weighted by molar-refractivity contribution is 5.94. The molecule has 1 amide bonds. The smallest absolute Gasteiger partial charge is 0.341 e. The summed E-state index contributed by atoms with van der Waals surface area (Å²) in [5, 5.41) is 9.49. The third kappa shape index (κ3) is 4.73. The van der Waals surface area contributed by atoms with Crippen molar-refractivity contribution in [3.63, 3.8) is 0 Å². The molecule has 0 bridgehead atoms. The molecule has 0 spiro atoms. The number of benzene rings is 1. The molecule has 0 unspecified atom stereocenters. The first kappa shape index (κ1) is 22.9. The van der Waals surface area contributed by atoms with E-state index in [9.17, 15) is 19.5 Å². The van der Waals surface area contributed by atoms with Crippen LogP contribution in [0.3, 0.4) is 0 Å². The van der Waals surface area contributed by atoms with Gasteiger partial charge in [0.1, 0.15) is 11.4 Å². The van der Waals surface area contributed by atoms with Gasteiger partial charge < -0.3 is 14.6 Å². The highest BCUT2D eigenvalue weighted by Crippen LogP contribution is 2.38. The number of carboxylic acid groups (broad SMARTS) is 1. The Morgan fingerprint density at radius 3 is 2.49 bits per heavy atom. The van der Waals surface area contributed by atoms with Crippen LogP contribution in [0.5, 0.6) is 0 Å². The van der Waals surface area contributed by atoms with Crippen molar-refractivity contribution in [2.75, 3.05) is 37.7 Å². The molecular formula is C24H25FN6O4. The van der Waals surface area contributed by atoms with E-state index in [4.69, 9.17) is 0 Å². The first-order chi connectivity index (χ1) is 16.9. The molecule has 1 aliphatic heterocycles. The van der Waals surface area contributed by atoms with Crippen LogP contribution in [0.4, 0.5) is 10.1 Å². The fourth-order valence-corrected chi connectivity index (χ4v) is 4.36. The topological polar surface area (TPSA) is 120 Å². The summed E-state index contributed by atoms with van der Waals surface area (Å²) in [6.07, 6.45) is 6.28. The maximum Gasteiger partial charge on any atom is 0.341 e. The minimum Gasteiger partial charge on any atom is -0.477 e. The van der Waals surface area contributed by atoms with Crippen LogP contribution < -0.4 is 21.2 Å². The van der Waals surface area contributed by atoms with Crippen molar-refractivity contribution in [3.8, 4) is 0 Å². The van der Waals surface area contributed by atoms with E-state index in [1.807, 2.05) is 4.90 Å². The Morgan fingerprint density at radius 1 is 1.11 bits per heavy atom. The van der Waals surface area contributed by atoms with Gasteiger partial charge in [0.05, 0.1) is 17.9 Å². The van der Waals surface area contributed by atoms with Gasteiger partial charge in [0, 0.05) is 61.8 Å². The van der Waals surface area contributed by atoms with Crippen molar-refractivity contribution in [2.45, 2.75) is 18.9 Å². The Balaban J connectivity index is 1.27. The maximum atomic E-state index is 15.1. The van der Waals surface area contributed by atoms with E-state index < -0.39 is 17.2 Å². The van der Waals surface area contributed by atoms with Crippen LogP contribution in [-0.2, 0) is 0 Å². The number of anilines is 1. The molecule has 0 radical (unpaired) electrons. The number of hydrogen-bond donors (Lipinski definition) is 3. The zero-order valence-electron chi connectivity index (χ0n) is 18.9. The number of nitrogens with zero attached hydrogens (tertiary/aromatic N) is 4. The molecule has 182 valence electrons. The van der Waals surface area contributed by atoms with Crippen LogP contribution in [0.2, 0.25) is 0 Å². The molecule has 1 saturated carbocycles. The van der Waals surface area contributed by atoms with Gasteiger partial charge in [0.2, 0.25) is 5.43 Å². The van der Waals surface area contributed by atoms with Gasteiger partial charge >= 0.3 is 5.97 Å². The molecule has 0 atom stereocenters. The van der Waals surface area contributed by atoms with E-state index in [2.05, 4.69) is 20.7 Å². The minimum atomic E-state index is -1.31. The number of aromatic nitrogens is 2. The predicted octanol–water partition coefficient (Wildman–Crippen LogP) is 1.58. The molecule has 35 heavy (non-hydrogen) atoms. The van der Waals surface area contributed by atoms with Crippen molar-refractivity contribution in [1.29, 1.82) is 0 Å². The number of piperazine rings is 1. The lowest BCUT2D eigenvalue weighted by atomic mass is 10.1. The molecule has 1 saturated heterocycles. The molecule has 2 aromatic heterocycles. The number of amides is 1. The number of carbonyl (C=O) groups is 2. The van der Waals surface area contributed by atoms with E-state index in [1.165, 1.54) is 12.3 Å². The zero-order chi connectivity index (χ0) is 24.5. The summed E-state index contributed by atoms with van der Waals surface area (Å²) in [6, 6.07) is 6.21. The normalized spacial score (nSPS) is 16.4. The number of nitrogens with one attached hydrogen (secondary N) is 2. The SMILES string of the molecule is O=C(NNCN1CCN(c2cc3c(cc2F)c(=O)c(C(=O)O)cn3C2CC2)CC1)c1ccncc1. The van der Waals surface area contributed by atoms with Crippen molar-refractivity contribution in [1.82, 2.24) is 25.3 Å². The first-order valence-corrected chi connectivity index (χ1v) is 11.4. The molecule has 3 heterocycles. The van der Waals surface area contributed by atoms with Crippen LogP contribution >= 0.6 is 0 Å². The Bertz CT molecular complexity index is 1330. The number of hydrogen-bond acceptors (Lipinski definition) is 7. The van der Waals surface area contributed by atoms with E-state index in [1.54, 1.807) is 35.2 Å².